The molecule has 0 aromatic heterocycles. The third-order valence-electron chi connectivity index (χ3n) is 2.37. The second kappa shape index (κ2) is 6.23. The molecule has 8 heteroatoms. The van der Waals surface area contributed by atoms with E-state index in [1.165, 1.54) is 19.1 Å². The van der Waals surface area contributed by atoms with Crippen LogP contribution in [0.25, 0.3) is 0 Å². The Morgan fingerprint density at radius 3 is 2.58 bits per heavy atom. The van der Waals surface area contributed by atoms with Crippen LogP contribution >= 0.6 is 11.6 Å². The Hall–Kier alpha value is -1.31. The molecule has 106 valence electrons. The minimum Gasteiger partial charge on any atom is -0.397 e. The van der Waals surface area contributed by atoms with E-state index < -0.39 is 10.0 Å². The Bertz CT molecular complexity index is 587. The minimum atomic E-state index is -3.67. The third-order valence-corrected chi connectivity index (χ3v) is 4.31. The molecular formula is C11H16ClN3O3S. The molecule has 0 aliphatic rings. The van der Waals surface area contributed by atoms with Gasteiger partial charge in [0.1, 0.15) is 0 Å². The van der Waals surface area contributed by atoms with Crippen molar-refractivity contribution in [2.24, 2.45) is 0 Å². The highest BCUT2D eigenvalue weighted by molar-refractivity contribution is 7.89. The van der Waals surface area contributed by atoms with Gasteiger partial charge in [0.2, 0.25) is 15.9 Å². The van der Waals surface area contributed by atoms with Crippen LogP contribution in [-0.2, 0) is 14.8 Å². The van der Waals surface area contributed by atoms with Gasteiger partial charge in [-0.15, -0.1) is 0 Å². The van der Waals surface area contributed by atoms with Gasteiger partial charge >= 0.3 is 0 Å². The molecule has 6 nitrogen and oxygen atoms in total. The van der Waals surface area contributed by atoms with E-state index in [1.54, 1.807) is 6.92 Å². The van der Waals surface area contributed by atoms with Crippen LogP contribution in [0.5, 0.6) is 0 Å². The van der Waals surface area contributed by atoms with Crippen LogP contribution in [0.1, 0.15) is 12.5 Å². The van der Waals surface area contributed by atoms with Crippen molar-refractivity contribution in [1.29, 1.82) is 0 Å². The summed E-state index contributed by atoms with van der Waals surface area (Å²) in [5.41, 5.74) is 6.31. The van der Waals surface area contributed by atoms with Gasteiger partial charge in [0.25, 0.3) is 0 Å². The second-order valence-electron chi connectivity index (χ2n) is 4.02. The van der Waals surface area contributed by atoms with Crippen LogP contribution in [0.4, 0.5) is 5.69 Å². The van der Waals surface area contributed by atoms with Gasteiger partial charge in [-0.2, -0.15) is 0 Å². The number of nitrogens with one attached hydrogen (secondary N) is 2. The lowest BCUT2D eigenvalue weighted by Gasteiger charge is -2.11. The molecule has 1 aromatic rings. The highest BCUT2D eigenvalue weighted by Gasteiger charge is 2.17. The lowest BCUT2D eigenvalue weighted by Crippen LogP contribution is -2.34. The molecule has 1 rings (SSSR count). The molecule has 1 amide bonds. The van der Waals surface area contributed by atoms with E-state index in [0.717, 1.165) is 0 Å². The Morgan fingerprint density at radius 1 is 1.37 bits per heavy atom. The highest BCUT2D eigenvalue weighted by atomic mass is 35.5. The van der Waals surface area contributed by atoms with E-state index in [4.69, 9.17) is 17.3 Å². The van der Waals surface area contributed by atoms with Crippen molar-refractivity contribution in [3.63, 3.8) is 0 Å². The molecule has 0 radical (unpaired) electrons. The predicted molar refractivity (Wildman–Crippen MR) is 74.5 cm³/mol. The number of hydrogen-bond donors (Lipinski definition) is 3. The molecule has 0 unspecified atom stereocenters. The van der Waals surface area contributed by atoms with Gasteiger partial charge in [-0.25, -0.2) is 13.1 Å². The summed E-state index contributed by atoms with van der Waals surface area (Å²) in [6, 6.07) is 2.82. The zero-order valence-corrected chi connectivity index (χ0v) is 12.2. The molecule has 0 saturated heterocycles. The maximum atomic E-state index is 12.0. The normalized spacial score (nSPS) is 11.3. The van der Waals surface area contributed by atoms with Gasteiger partial charge in [0.05, 0.1) is 15.6 Å². The standard InChI is InChI=1S/C11H16ClN3O3S/c1-7-5-9(12)10(13)6-11(7)19(17,18)15-4-3-14-8(2)16/h5-6,15H,3-4,13H2,1-2H3,(H,14,16). The van der Waals surface area contributed by atoms with Gasteiger partial charge in [0.15, 0.2) is 0 Å². The summed E-state index contributed by atoms with van der Waals surface area (Å²) >= 11 is 5.81. The van der Waals surface area contributed by atoms with Crippen molar-refractivity contribution in [2.45, 2.75) is 18.7 Å². The molecule has 0 atom stereocenters. The molecule has 0 aliphatic heterocycles. The number of benzene rings is 1. The maximum absolute atomic E-state index is 12.0. The number of hydrogen-bond acceptors (Lipinski definition) is 4. The van der Waals surface area contributed by atoms with Crippen molar-refractivity contribution < 1.29 is 13.2 Å². The van der Waals surface area contributed by atoms with E-state index in [9.17, 15) is 13.2 Å². The van der Waals surface area contributed by atoms with Crippen LogP contribution in [0, 0.1) is 6.92 Å². The van der Waals surface area contributed by atoms with Crippen LogP contribution in [-0.4, -0.2) is 27.4 Å². The fourth-order valence-electron chi connectivity index (χ4n) is 1.46. The van der Waals surface area contributed by atoms with Crippen LogP contribution in [0.3, 0.4) is 0 Å². The monoisotopic (exact) mass is 305 g/mol. The fourth-order valence-corrected chi connectivity index (χ4v) is 2.97. The average molecular weight is 306 g/mol. The Kier molecular flexibility index (Phi) is 5.16. The Balaban J connectivity index is 2.83. The van der Waals surface area contributed by atoms with E-state index in [1.807, 2.05) is 0 Å². The number of nitrogen functional groups attached to an aromatic ring is 1. The van der Waals surface area contributed by atoms with Crippen molar-refractivity contribution in [3.05, 3.63) is 22.7 Å². The number of rotatable bonds is 5. The third kappa shape index (κ3) is 4.38. The van der Waals surface area contributed by atoms with Crippen LogP contribution < -0.4 is 15.8 Å². The maximum Gasteiger partial charge on any atom is 0.240 e. The zero-order valence-electron chi connectivity index (χ0n) is 10.7. The number of anilines is 1. The van der Waals surface area contributed by atoms with Crippen LogP contribution in [0.15, 0.2) is 17.0 Å². The van der Waals surface area contributed by atoms with Crippen molar-refractivity contribution in [2.75, 3.05) is 18.8 Å². The van der Waals surface area contributed by atoms with Gasteiger partial charge in [-0.1, -0.05) is 11.6 Å². The summed E-state index contributed by atoms with van der Waals surface area (Å²) in [6.45, 7) is 3.31. The second-order valence-corrected chi connectivity index (χ2v) is 6.16. The van der Waals surface area contributed by atoms with Crippen LogP contribution in [0.2, 0.25) is 5.02 Å². The largest absolute Gasteiger partial charge is 0.397 e. The Labute approximate surface area is 117 Å². The molecule has 0 saturated carbocycles. The molecule has 0 spiro atoms. The molecule has 19 heavy (non-hydrogen) atoms. The highest BCUT2D eigenvalue weighted by Crippen LogP contribution is 2.25. The number of aryl methyl sites for hydroxylation is 1. The topological polar surface area (TPSA) is 101 Å². The minimum absolute atomic E-state index is 0.0808. The molecule has 0 fully saturated rings. The van der Waals surface area contributed by atoms with Gasteiger partial charge < -0.3 is 11.1 Å². The van der Waals surface area contributed by atoms with E-state index in [0.29, 0.717) is 10.6 Å². The first kappa shape index (κ1) is 15.7. The zero-order chi connectivity index (χ0) is 14.6. The molecule has 0 heterocycles. The van der Waals surface area contributed by atoms with Gasteiger partial charge in [-0.3, -0.25) is 4.79 Å². The summed E-state index contributed by atoms with van der Waals surface area (Å²) in [7, 11) is -3.67. The molecule has 0 bridgehead atoms. The first-order chi connectivity index (χ1) is 8.74. The number of carbonyl (C=O) groups is 1. The van der Waals surface area contributed by atoms with Crippen molar-refractivity contribution in [1.82, 2.24) is 10.0 Å². The number of nitrogens with two attached hydrogens (primary N) is 1. The summed E-state index contributed by atoms with van der Waals surface area (Å²) < 4.78 is 26.5. The van der Waals surface area contributed by atoms with E-state index in [2.05, 4.69) is 10.0 Å². The number of amides is 1. The quantitative estimate of drug-likeness (QED) is 0.549. The van der Waals surface area contributed by atoms with E-state index >= 15 is 0 Å². The lowest BCUT2D eigenvalue weighted by atomic mass is 10.2. The lowest BCUT2D eigenvalue weighted by molar-refractivity contribution is -0.118. The van der Waals surface area contributed by atoms with Crippen molar-refractivity contribution in [3.8, 4) is 0 Å². The van der Waals surface area contributed by atoms with Gasteiger partial charge in [-0.05, 0) is 24.6 Å². The number of halogens is 1. The molecule has 1 aromatic carbocycles. The average Bonchev–Trinajstić information content (AvgIpc) is 2.29. The smallest absolute Gasteiger partial charge is 0.240 e. The first-order valence-corrected chi connectivity index (χ1v) is 7.40. The van der Waals surface area contributed by atoms with Gasteiger partial charge in [0, 0.05) is 20.0 Å². The molecular weight excluding hydrogens is 290 g/mol. The summed E-state index contributed by atoms with van der Waals surface area (Å²) in [5.74, 6) is -0.217. The number of sulfonamides is 1. The number of carbonyl (C=O) groups excluding carboxylic acids is 1. The molecule has 0 aliphatic carbocycles. The summed E-state index contributed by atoms with van der Waals surface area (Å²) in [4.78, 5) is 10.7. The summed E-state index contributed by atoms with van der Waals surface area (Å²) in [5, 5.41) is 2.81. The SMILES string of the molecule is CC(=O)NCCNS(=O)(=O)c1cc(N)c(Cl)cc1C. The Morgan fingerprint density at radius 2 is 2.00 bits per heavy atom. The predicted octanol–water partition coefficient (Wildman–Crippen LogP) is 0.645. The fraction of sp³-hybridized carbons (Fsp3) is 0.364. The molecule has 4 N–H and O–H groups in total. The van der Waals surface area contributed by atoms with E-state index in [-0.39, 0.29) is 29.6 Å². The summed E-state index contributed by atoms with van der Waals surface area (Å²) in [6.07, 6.45) is 0. The first-order valence-electron chi connectivity index (χ1n) is 5.54. The van der Waals surface area contributed by atoms with Crippen molar-refractivity contribution >= 4 is 33.2 Å².